The zero-order valence-electron chi connectivity index (χ0n) is 19.5. The molecule has 1 saturated carbocycles. The molecular formula is C27H32N2O5. The van der Waals surface area contributed by atoms with Crippen molar-refractivity contribution < 1.29 is 24.2 Å². The van der Waals surface area contributed by atoms with Crippen LogP contribution in [0.3, 0.4) is 0 Å². The third-order valence-electron chi connectivity index (χ3n) is 6.90. The lowest BCUT2D eigenvalue weighted by molar-refractivity contribution is -0.143. The monoisotopic (exact) mass is 464 g/mol. The van der Waals surface area contributed by atoms with Crippen LogP contribution in [0.25, 0.3) is 11.1 Å². The first kappa shape index (κ1) is 23.8. The van der Waals surface area contributed by atoms with Gasteiger partial charge in [0.2, 0.25) is 5.91 Å². The molecule has 2 aliphatic rings. The molecule has 0 radical (unpaired) electrons. The molecule has 4 rings (SSSR count). The van der Waals surface area contributed by atoms with E-state index in [4.69, 9.17) is 4.74 Å². The van der Waals surface area contributed by atoms with E-state index < -0.39 is 24.0 Å². The molecule has 1 unspecified atom stereocenters. The van der Waals surface area contributed by atoms with Crippen molar-refractivity contribution in [3.8, 4) is 11.1 Å². The minimum absolute atomic E-state index is 0.0493. The molecule has 3 atom stereocenters. The Morgan fingerprint density at radius 3 is 2.29 bits per heavy atom. The van der Waals surface area contributed by atoms with Gasteiger partial charge in [-0.25, -0.2) is 4.79 Å². The Labute approximate surface area is 199 Å². The summed E-state index contributed by atoms with van der Waals surface area (Å²) in [5.41, 5.74) is 4.57. The molecule has 2 amide bonds. The van der Waals surface area contributed by atoms with Gasteiger partial charge in [0, 0.05) is 12.0 Å². The van der Waals surface area contributed by atoms with Crippen LogP contribution in [0.4, 0.5) is 4.79 Å². The number of fused-ring (bicyclic) bond motifs is 3. The minimum atomic E-state index is -0.819. The van der Waals surface area contributed by atoms with Crippen molar-refractivity contribution >= 4 is 18.0 Å². The van der Waals surface area contributed by atoms with E-state index in [1.807, 2.05) is 31.2 Å². The SMILES string of the molecule is CCCC(NC(=O)OCC1c2ccccc2-c2ccccc21)C(=O)N[C@@H]1CCC[C@@H](C(=O)O)C1. The van der Waals surface area contributed by atoms with Gasteiger partial charge in [0.1, 0.15) is 12.6 Å². The number of alkyl carbamates (subject to hydrolysis) is 1. The van der Waals surface area contributed by atoms with Crippen molar-refractivity contribution in [3.05, 3.63) is 59.7 Å². The van der Waals surface area contributed by atoms with Gasteiger partial charge in [0.25, 0.3) is 0 Å². The number of benzene rings is 2. The molecule has 0 spiro atoms. The Hall–Kier alpha value is -3.35. The molecule has 2 aliphatic carbocycles. The van der Waals surface area contributed by atoms with Crippen LogP contribution in [0.1, 0.15) is 62.5 Å². The number of hydrogen-bond donors (Lipinski definition) is 3. The van der Waals surface area contributed by atoms with E-state index in [0.29, 0.717) is 25.7 Å². The van der Waals surface area contributed by atoms with E-state index in [1.165, 1.54) is 0 Å². The molecule has 2 aromatic carbocycles. The third-order valence-corrected chi connectivity index (χ3v) is 6.90. The summed E-state index contributed by atoms with van der Waals surface area (Å²) in [6.07, 6.45) is 3.14. The van der Waals surface area contributed by atoms with E-state index in [0.717, 1.165) is 35.1 Å². The molecule has 0 aromatic heterocycles. The normalized spacial score (nSPS) is 20.0. The number of ether oxygens (including phenoxy) is 1. The number of hydrogen-bond acceptors (Lipinski definition) is 4. The summed E-state index contributed by atoms with van der Waals surface area (Å²) in [6.45, 7) is 2.13. The van der Waals surface area contributed by atoms with Crippen molar-refractivity contribution in [1.29, 1.82) is 0 Å². The maximum absolute atomic E-state index is 12.9. The van der Waals surface area contributed by atoms with E-state index >= 15 is 0 Å². The number of carbonyl (C=O) groups is 3. The average molecular weight is 465 g/mol. The van der Waals surface area contributed by atoms with Crippen LogP contribution in [0.2, 0.25) is 0 Å². The zero-order valence-corrected chi connectivity index (χ0v) is 19.5. The van der Waals surface area contributed by atoms with E-state index in [1.54, 1.807) is 0 Å². The lowest BCUT2D eigenvalue weighted by Gasteiger charge is -2.29. The van der Waals surface area contributed by atoms with Crippen molar-refractivity contribution in [2.75, 3.05) is 6.61 Å². The van der Waals surface area contributed by atoms with Crippen LogP contribution < -0.4 is 10.6 Å². The number of nitrogens with one attached hydrogen (secondary N) is 2. The fourth-order valence-corrected chi connectivity index (χ4v) is 5.19. The first-order valence-corrected chi connectivity index (χ1v) is 12.1. The largest absolute Gasteiger partial charge is 0.481 e. The molecule has 3 N–H and O–H groups in total. The van der Waals surface area contributed by atoms with Gasteiger partial charge in [-0.05, 0) is 47.9 Å². The molecule has 180 valence electrons. The Kier molecular flexibility index (Phi) is 7.50. The highest BCUT2D eigenvalue weighted by Crippen LogP contribution is 2.44. The predicted molar refractivity (Wildman–Crippen MR) is 128 cm³/mol. The van der Waals surface area contributed by atoms with Crippen LogP contribution in [-0.2, 0) is 14.3 Å². The summed E-state index contributed by atoms with van der Waals surface area (Å²) in [7, 11) is 0. The van der Waals surface area contributed by atoms with Gasteiger partial charge in [0.15, 0.2) is 0 Å². The van der Waals surface area contributed by atoms with Crippen LogP contribution >= 0.6 is 0 Å². The first-order chi connectivity index (χ1) is 16.5. The number of carbonyl (C=O) groups excluding carboxylic acids is 2. The summed E-state index contributed by atoms with van der Waals surface area (Å²) in [6, 6.07) is 15.4. The maximum atomic E-state index is 12.9. The Morgan fingerprint density at radius 1 is 1.03 bits per heavy atom. The lowest BCUT2D eigenvalue weighted by Crippen LogP contribution is -2.51. The molecule has 7 nitrogen and oxygen atoms in total. The molecule has 0 bridgehead atoms. The van der Waals surface area contributed by atoms with Gasteiger partial charge in [-0.2, -0.15) is 0 Å². The Bertz CT molecular complexity index is 1010. The second-order valence-electron chi connectivity index (χ2n) is 9.22. The third kappa shape index (κ3) is 5.24. The van der Waals surface area contributed by atoms with E-state index in [-0.39, 0.29) is 24.5 Å². The molecular weight excluding hydrogens is 432 g/mol. The zero-order chi connectivity index (χ0) is 24.1. The van der Waals surface area contributed by atoms with Gasteiger partial charge in [0.05, 0.1) is 5.92 Å². The highest BCUT2D eigenvalue weighted by Gasteiger charge is 2.31. The average Bonchev–Trinajstić information content (AvgIpc) is 3.16. The molecule has 1 fully saturated rings. The van der Waals surface area contributed by atoms with Crippen molar-refractivity contribution in [2.24, 2.45) is 5.92 Å². The summed E-state index contributed by atoms with van der Waals surface area (Å²) in [5, 5.41) is 15.0. The number of carboxylic acid groups (broad SMARTS) is 1. The molecule has 34 heavy (non-hydrogen) atoms. The first-order valence-electron chi connectivity index (χ1n) is 12.1. The molecule has 2 aromatic rings. The van der Waals surface area contributed by atoms with Gasteiger partial charge in [-0.1, -0.05) is 68.3 Å². The summed E-state index contributed by atoms with van der Waals surface area (Å²) < 4.78 is 5.60. The van der Waals surface area contributed by atoms with Gasteiger partial charge < -0.3 is 20.5 Å². The summed E-state index contributed by atoms with van der Waals surface area (Å²) >= 11 is 0. The van der Waals surface area contributed by atoms with E-state index in [2.05, 4.69) is 34.9 Å². The van der Waals surface area contributed by atoms with Crippen LogP contribution in [0.15, 0.2) is 48.5 Å². The van der Waals surface area contributed by atoms with Crippen molar-refractivity contribution in [1.82, 2.24) is 10.6 Å². The fourth-order valence-electron chi connectivity index (χ4n) is 5.19. The standard InChI is InChI=1S/C27H32N2O5/c1-2-8-24(25(30)28-18-10-7-9-17(15-18)26(31)32)29-27(33)34-16-23-21-13-5-3-11-19(21)20-12-4-6-14-22(20)23/h3-6,11-14,17-18,23-24H,2,7-10,15-16H2,1H3,(H,28,30)(H,29,33)(H,31,32)/t17-,18-,24?/m1/s1. The molecule has 0 aliphatic heterocycles. The lowest BCUT2D eigenvalue weighted by atomic mass is 9.85. The Morgan fingerprint density at radius 2 is 1.68 bits per heavy atom. The quantitative estimate of drug-likeness (QED) is 0.535. The number of aliphatic carboxylic acids is 1. The minimum Gasteiger partial charge on any atom is -0.481 e. The second-order valence-corrected chi connectivity index (χ2v) is 9.22. The summed E-state index contributed by atoms with van der Waals surface area (Å²) in [5.74, 6) is -1.59. The van der Waals surface area contributed by atoms with Crippen LogP contribution in [0, 0.1) is 5.92 Å². The highest BCUT2D eigenvalue weighted by molar-refractivity contribution is 5.86. The topological polar surface area (TPSA) is 105 Å². The maximum Gasteiger partial charge on any atom is 0.407 e. The molecule has 0 heterocycles. The Balaban J connectivity index is 1.35. The van der Waals surface area contributed by atoms with Gasteiger partial charge in [-0.15, -0.1) is 0 Å². The van der Waals surface area contributed by atoms with E-state index in [9.17, 15) is 19.5 Å². The highest BCUT2D eigenvalue weighted by atomic mass is 16.5. The van der Waals surface area contributed by atoms with Crippen molar-refractivity contribution in [3.63, 3.8) is 0 Å². The summed E-state index contributed by atoms with van der Waals surface area (Å²) in [4.78, 5) is 36.8. The number of rotatable bonds is 8. The predicted octanol–water partition coefficient (Wildman–Crippen LogP) is 4.45. The second kappa shape index (κ2) is 10.7. The van der Waals surface area contributed by atoms with Gasteiger partial charge >= 0.3 is 12.1 Å². The fraction of sp³-hybridized carbons (Fsp3) is 0.444. The molecule has 7 heteroatoms. The molecule has 0 saturated heterocycles. The van der Waals surface area contributed by atoms with Crippen LogP contribution in [0.5, 0.6) is 0 Å². The number of amides is 2. The number of carboxylic acids is 1. The van der Waals surface area contributed by atoms with Crippen molar-refractivity contribution in [2.45, 2.75) is 63.5 Å². The van der Waals surface area contributed by atoms with Gasteiger partial charge in [-0.3, -0.25) is 9.59 Å². The van der Waals surface area contributed by atoms with Crippen LogP contribution in [-0.4, -0.2) is 41.8 Å². The smallest absolute Gasteiger partial charge is 0.407 e.